The molecular formula is C24H30Cl2N2O3. The van der Waals surface area contributed by atoms with Gasteiger partial charge in [-0.3, -0.25) is 9.59 Å². The van der Waals surface area contributed by atoms with Crippen molar-refractivity contribution in [1.29, 1.82) is 0 Å². The number of carbonyl (C=O) groups excluding carboxylic acids is 2. The Bertz CT molecular complexity index is 887. The number of nitrogens with zero attached hydrogens (tertiary/aromatic N) is 1. The van der Waals surface area contributed by atoms with Gasteiger partial charge in [0.05, 0.1) is 5.02 Å². The van der Waals surface area contributed by atoms with Crippen molar-refractivity contribution in [1.82, 2.24) is 10.2 Å². The van der Waals surface area contributed by atoms with E-state index in [2.05, 4.69) is 5.32 Å². The van der Waals surface area contributed by atoms with Crippen molar-refractivity contribution >= 4 is 35.0 Å². The standard InChI is InChI=1S/C24H30Cl2N2O3/c1-5-17(4)27-24(30)21(6-2)28(14-18-9-7-16(3)8-10-18)23(29)15-31-22-12-11-19(25)13-20(22)26/h7-13,17,21H,5-6,14-15H2,1-4H3,(H,27,30)/t17-,21+/m0/s1. The predicted octanol–water partition coefficient (Wildman–Crippen LogP) is 5.40. The highest BCUT2D eigenvalue weighted by molar-refractivity contribution is 6.35. The van der Waals surface area contributed by atoms with Crippen LogP contribution in [0.1, 0.15) is 44.7 Å². The number of rotatable bonds is 10. The number of ether oxygens (including phenoxy) is 1. The first-order valence-electron chi connectivity index (χ1n) is 10.5. The van der Waals surface area contributed by atoms with E-state index in [-0.39, 0.29) is 24.5 Å². The Hall–Kier alpha value is -2.24. The lowest BCUT2D eigenvalue weighted by Gasteiger charge is -2.31. The van der Waals surface area contributed by atoms with Crippen LogP contribution in [0, 0.1) is 6.92 Å². The number of hydrogen-bond acceptors (Lipinski definition) is 3. The van der Waals surface area contributed by atoms with Gasteiger partial charge in [-0.2, -0.15) is 0 Å². The first kappa shape index (κ1) is 25.0. The van der Waals surface area contributed by atoms with E-state index in [0.717, 1.165) is 17.5 Å². The molecule has 7 heteroatoms. The summed E-state index contributed by atoms with van der Waals surface area (Å²) >= 11 is 12.1. The minimum Gasteiger partial charge on any atom is -0.482 e. The monoisotopic (exact) mass is 464 g/mol. The molecule has 0 heterocycles. The van der Waals surface area contributed by atoms with Crippen LogP contribution in [-0.2, 0) is 16.1 Å². The predicted molar refractivity (Wildman–Crippen MR) is 126 cm³/mol. The molecule has 0 radical (unpaired) electrons. The fourth-order valence-corrected chi connectivity index (χ4v) is 3.53. The lowest BCUT2D eigenvalue weighted by molar-refractivity contribution is -0.143. The molecule has 0 aromatic heterocycles. The smallest absolute Gasteiger partial charge is 0.261 e. The second kappa shape index (κ2) is 12.0. The zero-order chi connectivity index (χ0) is 23.0. The van der Waals surface area contributed by atoms with Crippen LogP contribution < -0.4 is 10.1 Å². The first-order valence-corrected chi connectivity index (χ1v) is 11.2. The van der Waals surface area contributed by atoms with Crippen molar-refractivity contribution < 1.29 is 14.3 Å². The fourth-order valence-electron chi connectivity index (χ4n) is 3.07. The Morgan fingerprint density at radius 1 is 1.06 bits per heavy atom. The van der Waals surface area contributed by atoms with Crippen LogP contribution in [0.5, 0.6) is 5.75 Å². The summed E-state index contributed by atoms with van der Waals surface area (Å²) < 4.78 is 5.65. The Labute approximate surface area is 194 Å². The summed E-state index contributed by atoms with van der Waals surface area (Å²) in [4.78, 5) is 27.7. The number of nitrogens with one attached hydrogen (secondary N) is 1. The van der Waals surface area contributed by atoms with Crippen molar-refractivity contribution in [3.05, 3.63) is 63.6 Å². The number of halogens is 2. The Kier molecular flexibility index (Phi) is 9.66. The molecule has 2 amide bonds. The highest BCUT2D eigenvalue weighted by Crippen LogP contribution is 2.27. The Morgan fingerprint density at radius 3 is 2.32 bits per heavy atom. The number of hydrogen-bond donors (Lipinski definition) is 1. The van der Waals surface area contributed by atoms with E-state index in [0.29, 0.717) is 28.8 Å². The van der Waals surface area contributed by atoms with Gasteiger partial charge in [-0.15, -0.1) is 0 Å². The number of benzene rings is 2. The molecular weight excluding hydrogens is 435 g/mol. The quantitative estimate of drug-likeness (QED) is 0.511. The summed E-state index contributed by atoms with van der Waals surface area (Å²) in [7, 11) is 0. The van der Waals surface area contributed by atoms with Gasteiger partial charge in [0.15, 0.2) is 6.61 Å². The van der Waals surface area contributed by atoms with Gasteiger partial charge in [0.2, 0.25) is 5.91 Å². The van der Waals surface area contributed by atoms with Crippen LogP contribution in [0.25, 0.3) is 0 Å². The van der Waals surface area contributed by atoms with Crippen LogP contribution in [0.15, 0.2) is 42.5 Å². The molecule has 2 rings (SSSR count). The van der Waals surface area contributed by atoms with E-state index in [4.69, 9.17) is 27.9 Å². The zero-order valence-electron chi connectivity index (χ0n) is 18.5. The topological polar surface area (TPSA) is 58.6 Å². The third-order valence-corrected chi connectivity index (χ3v) is 5.64. The van der Waals surface area contributed by atoms with E-state index in [9.17, 15) is 9.59 Å². The van der Waals surface area contributed by atoms with Gasteiger partial charge in [0.1, 0.15) is 11.8 Å². The molecule has 2 aromatic rings. The molecule has 0 bridgehead atoms. The van der Waals surface area contributed by atoms with Crippen LogP contribution in [0.4, 0.5) is 0 Å². The maximum atomic E-state index is 13.2. The molecule has 0 aliphatic rings. The summed E-state index contributed by atoms with van der Waals surface area (Å²) in [6.45, 7) is 7.93. The summed E-state index contributed by atoms with van der Waals surface area (Å²) in [5, 5.41) is 3.80. The van der Waals surface area contributed by atoms with Crippen molar-refractivity contribution in [3.63, 3.8) is 0 Å². The number of aryl methyl sites for hydroxylation is 1. The van der Waals surface area contributed by atoms with E-state index in [1.54, 1.807) is 23.1 Å². The third kappa shape index (κ3) is 7.44. The largest absolute Gasteiger partial charge is 0.482 e. The van der Waals surface area contributed by atoms with Crippen molar-refractivity contribution in [2.24, 2.45) is 0 Å². The van der Waals surface area contributed by atoms with Gasteiger partial charge in [-0.1, -0.05) is 66.9 Å². The molecule has 31 heavy (non-hydrogen) atoms. The zero-order valence-corrected chi connectivity index (χ0v) is 20.0. The Morgan fingerprint density at radius 2 is 1.74 bits per heavy atom. The molecule has 0 aliphatic carbocycles. The maximum Gasteiger partial charge on any atom is 0.261 e. The molecule has 1 N–H and O–H groups in total. The first-order chi connectivity index (χ1) is 14.7. The normalized spacial score (nSPS) is 12.7. The van der Waals surface area contributed by atoms with E-state index >= 15 is 0 Å². The third-order valence-electron chi connectivity index (χ3n) is 5.11. The minimum atomic E-state index is -0.605. The summed E-state index contributed by atoms with van der Waals surface area (Å²) in [6.07, 6.45) is 1.30. The van der Waals surface area contributed by atoms with E-state index in [1.165, 1.54) is 0 Å². The average Bonchev–Trinajstić information content (AvgIpc) is 2.74. The number of amides is 2. The molecule has 0 saturated carbocycles. The lowest BCUT2D eigenvalue weighted by atomic mass is 10.1. The molecule has 0 fully saturated rings. The number of carbonyl (C=O) groups is 2. The van der Waals surface area contributed by atoms with Crippen LogP contribution in [0.3, 0.4) is 0 Å². The second-order valence-electron chi connectivity index (χ2n) is 7.61. The summed E-state index contributed by atoms with van der Waals surface area (Å²) in [5.74, 6) is -0.0913. The van der Waals surface area contributed by atoms with Gasteiger partial charge in [-0.25, -0.2) is 0 Å². The fraction of sp³-hybridized carbons (Fsp3) is 0.417. The highest BCUT2D eigenvalue weighted by Gasteiger charge is 2.29. The maximum absolute atomic E-state index is 13.2. The van der Waals surface area contributed by atoms with Crippen LogP contribution in [0.2, 0.25) is 10.0 Å². The Balaban J connectivity index is 2.22. The highest BCUT2D eigenvalue weighted by atomic mass is 35.5. The minimum absolute atomic E-state index is 0.0296. The summed E-state index contributed by atoms with van der Waals surface area (Å²) in [5.41, 5.74) is 2.07. The lowest BCUT2D eigenvalue weighted by Crippen LogP contribution is -2.51. The van der Waals surface area contributed by atoms with Gasteiger partial charge in [0, 0.05) is 17.6 Å². The molecule has 168 valence electrons. The van der Waals surface area contributed by atoms with Gasteiger partial charge in [0.25, 0.3) is 5.91 Å². The molecule has 0 unspecified atom stereocenters. The van der Waals surface area contributed by atoms with Gasteiger partial charge >= 0.3 is 0 Å². The van der Waals surface area contributed by atoms with Crippen molar-refractivity contribution in [2.75, 3.05) is 6.61 Å². The molecule has 0 aliphatic heterocycles. The second-order valence-corrected chi connectivity index (χ2v) is 8.46. The van der Waals surface area contributed by atoms with E-state index < -0.39 is 6.04 Å². The molecule has 0 spiro atoms. The summed E-state index contributed by atoms with van der Waals surface area (Å²) in [6, 6.07) is 12.2. The molecule has 0 saturated heterocycles. The van der Waals surface area contributed by atoms with E-state index in [1.807, 2.05) is 52.0 Å². The SMILES string of the molecule is CC[C@H](C(=O)N[C@@H](C)CC)N(Cc1ccc(C)cc1)C(=O)COc1ccc(Cl)cc1Cl. The molecule has 2 atom stereocenters. The van der Waals surface area contributed by atoms with Crippen molar-refractivity contribution in [2.45, 2.75) is 59.2 Å². The average molecular weight is 465 g/mol. The van der Waals surface area contributed by atoms with Crippen LogP contribution >= 0.6 is 23.2 Å². The molecule has 5 nitrogen and oxygen atoms in total. The van der Waals surface area contributed by atoms with Crippen LogP contribution in [-0.4, -0.2) is 35.4 Å². The van der Waals surface area contributed by atoms with Gasteiger partial charge < -0.3 is 15.0 Å². The van der Waals surface area contributed by atoms with Crippen molar-refractivity contribution in [3.8, 4) is 5.75 Å². The molecule has 2 aromatic carbocycles. The van der Waals surface area contributed by atoms with Gasteiger partial charge in [-0.05, 0) is 50.5 Å².